The molecule has 72 valence electrons. The topological polar surface area (TPSA) is 78.6 Å². The third kappa shape index (κ3) is 6.80. The first-order valence-electron chi connectivity index (χ1n) is 4.22. The van der Waals surface area contributed by atoms with Crippen LogP contribution in [0.3, 0.4) is 0 Å². The summed E-state index contributed by atoms with van der Waals surface area (Å²) in [6, 6.07) is 0. The highest BCUT2D eigenvalue weighted by atomic mass is 14.9. The third-order valence-electron chi connectivity index (χ3n) is 0.940. The van der Waals surface area contributed by atoms with Gasteiger partial charge >= 0.3 is 0 Å². The van der Waals surface area contributed by atoms with Gasteiger partial charge in [-0.2, -0.15) is 0 Å². The number of amidine groups is 1. The standard InChI is InChI=1S/C6H8N4.C3H8/c7-5(8)1-2-6-9-3-4-10-6;1-3-2/h1-4H,(H3,7,8)(H,9,10);3H2,1-2H3/b2-1-;. The quantitative estimate of drug-likeness (QED) is 0.479. The van der Waals surface area contributed by atoms with Crippen molar-refractivity contribution in [1.29, 1.82) is 5.41 Å². The Bertz CT molecular complexity index is 249. The molecule has 4 nitrogen and oxygen atoms in total. The summed E-state index contributed by atoms with van der Waals surface area (Å²) in [7, 11) is 0. The van der Waals surface area contributed by atoms with Crippen LogP contribution in [-0.2, 0) is 0 Å². The maximum Gasteiger partial charge on any atom is 0.130 e. The summed E-state index contributed by atoms with van der Waals surface area (Å²) < 4.78 is 0. The van der Waals surface area contributed by atoms with E-state index >= 15 is 0 Å². The second-order valence-electron chi connectivity index (χ2n) is 2.47. The fraction of sp³-hybridized carbons (Fsp3) is 0.333. The van der Waals surface area contributed by atoms with Crippen molar-refractivity contribution in [2.75, 3.05) is 0 Å². The van der Waals surface area contributed by atoms with Crippen molar-refractivity contribution >= 4 is 11.9 Å². The van der Waals surface area contributed by atoms with Gasteiger partial charge in [0.25, 0.3) is 0 Å². The molecule has 0 bridgehead atoms. The van der Waals surface area contributed by atoms with E-state index in [1.807, 2.05) is 0 Å². The third-order valence-corrected chi connectivity index (χ3v) is 0.940. The molecule has 0 fully saturated rings. The lowest BCUT2D eigenvalue weighted by Gasteiger charge is -1.82. The SMILES string of the molecule is CCC.N=C(N)/C=C\c1ncc[nH]1. The number of aromatic amines is 1. The van der Waals surface area contributed by atoms with E-state index in [4.69, 9.17) is 11.1 Å². The molecule has 0 unspecified atom stereocenters. The first-order valence-corrected chi connectivity index (χ1v) is 4.22. The zero-order valence-corrected chi connectivity index (χ0v) is 8.04. The molecule has 13 heavy (non-hydrogen) atoms. The largest absolute Gasteiger partial charge is 0.384 e. The second kappa shape index (κ2) is 7.09. The molecule has 0 atom stereocenters. The Hall–Kier alpha value is -1.58. The first-order chi connectivity index (χ1) is 6.20. The lowest BCUT2D eigenvalue weighted by Crippen LogP contribution is -2.03. The zero-order chi connectivity index (χ0) is 10.1. The molecule has 0 radical (unpaired) electrons. The molecule has 1 rings (SSSR count). The molecule has 1 heterocycles. The Morgan fingerprint density at radius 3 is 2.69 bits per heavy atom. The zero-order valence-electron chi connectivity index (χ0n) is 8.04. The van der Waals surface area contributed by atoms with Crippen LogP contribution in [0.1, 0.15) is 26.1 Å². The smallest absolute Gasteiger partial charge is 0.130 e. The van der Waals surface area contributed by atoms with E-state index in [0.717, 1.165) is 0 Å². The highest BCUT2D eigenvalue weighted by Gasteiger charge is 1.84. The molecule has 1 aromatic rings. The van der Waals surface area contributed by atoms with Gasteiger partial charge in [-0.1, -0.05) is 20.3 Å². The Morgan fingerprint density at radius 1 is 1.69 bits per heavy atom. The lowest BCUT2D eigenvalue weighted by molar-refractivity contribution is 1.09. The minimum Gasteiger partial charge on any atom is -0.384 e. The van der Waals surface area contributed by atoms with Crippen LogP contribution in [0.5, 0.6) is 0 Å². The fourth-order valence-corrected chi connectivity index (χ4v) is 0.537. The Labute approximate surface area is 78.4 Å². The number of aromatic nitrogens is 2. The Balaban J connectivity index is 0.000000424. The van der Waals surface area contributed by atoms with Gasteiger partial charge in [-0.25, -0.2) is 4.98 Å². The monoisotopic (exact) mass is 180 g/mol. The van der Waals surface area contributed by atoms with E-state index in [1.54, 1.807) is 18.5 Å². The van der Waals surface area contributed by atoms with Gasteiger partial charge in [-0.05, 0) is 12.2 Å². The highest BCUT2D eigenvalue weighted by Crippen LogP contribution is 1.90. The van der Waals surface area contributed by atoms with Crippen LogP contribution in [-0.4, -0.2) is 15.8 Å². The van der Waals surface area contributed by atoms with E-state index in [-0.39, 0.29) is 5.84 Å². The normalized spacial score (nSPS) is 9.38. The van der Waals surface area contributed by atoms with E-state index in [0.29, 0.717) is 5.82 Å². The van der Waals surface area contributed by atoms with Gasteiger partial charge in [0.15, 0.2) is 0 Å². The van der Waals surface area contributed by atoms with Gasteiger partial charge in [0.05, 0.1) is 0 Å². The van der Waals surface area contributed by atoms with Crippen molar-refractivity contribution in [3.63, 3.8) is 0 Å². The average molecular weight is 180 g/mol. The Morgan fingerprint density at radius 2 is 2.31 bits per heavy atom. The molecule has 0 saturated carbocycles. The van der Waals surface area contributed by atoms with Crippen molar-refractivity contribution < 1.29 is 0 Å². The molecule has 0 saturated heterocycles. The number of imidazole rings is 1. The number of hydrogen-bond donors (Lipinski definition) is 3. The molecule has 0 aliphatic rings. The number of nitrogens with zero attached hydrogens (tertiary/aromatic N) is 1. The molecule has 4 N–H and O–H groups in total. The Kier molecular flexibility index (Phi) is 6.23. The molecular formula is C9H16N4. The maximum atomic E-state index is 6.85. The first kappa shape index (κ1) is 11.4. The fourth-order valence-electron chi connectivity index (χ4n) is 0.537. The number of rotatable bonds is 2. The van der Waals surface area contributed by atoms with Gasteiger partial charge in [-0.3, -0.25) is 5.41 Å². The minimum absolute atomic E-state index is 0.0244. The molecule has 1 aromatic heterocycles. The highest BCUT2D eigenvalue weighted by molar-refractivity contribution is 5.92. The maximum absolute atomic E-state index is 6.85. The van der Waals surface area contributed by atoms with E-state index in [2.05, 4.69) is 23.8 Å². The minimum atomic E-state index is 0.0244. The predicted molar refractivity (Wildman–Crippen MR) is 55.5 cm³/mol. The summed E-state index contributed by atoms with van der Waals surface area (Å²) >= 11 is 0. The summed E-state index contributed by atoms with van der Waals surface area (Å²) in [4.78, 5) is 6.74. The summed E-state index contributed by atoms with van der Waals surface area (Å²) in [5.41, 5.74) is 5.06. The number of nitrogens with one attached hydrogen (secondary N) is 2. The van der Waals surface area contributed by atoms with Gasteiger partial charge in [0.1, 0.15) is 11.7 Å². The van der Waals surface area contributed by atoms with E-state index < -0.39 is 0 Å². The van der Waals surface area contributed by atoms with E-state index in [1.165, 1.54) is 12.5 Å². The van der Waals surface area contributed by atoms with Crippen molar-refractivity contribution in [3.8, 4) is 0 Å². The molecule has 0 amide bonds. The lowest BCUT2D eigenvalue weighted by atomic mass is 10.4. The second-order valence-corrected chi connectivity index (χ2v) is 2.47. The summed E-state index contributed by atoms with van der Waals surface area (Å²) in [6.45, 7) is 4.25. The summed E-state index contributed by atoms with van der Waals surface area (Å²) in [6.07, 6.45) is 7.71. The van der Waals surface area contributed by atoms with E-state index in [9.17, 15) is 0 Å². The van der Waals surface area contributed by atoms with Crippen LogP contribution in [0.2, 0.25) is 0 Å². The average Bonchev–Trinajstić information content (AvgIpc) is 2.54. The number of H-pyrrole nitrogens is 1. The van der Waals surface area contributed by atoms with Crippen LogP contribution < -0.4 is 5.73 Å². The van der Waals surface area contributed by atoms with Crippen LogP contribution in [0.25, 0.3) is 6.08 Å². The van der Waals surface area contributed by atoms with Crippen LogP contribution in [0.4, 0.5) is 0 Å². The summed E-state index contributed by atoms with van der Waals surface area (Å²) in [5.74, 6) is 0.728. The molecule has 4 heteroatoms. The van der Waals surface area contributed by atoms with Crippen molar-refractivity contribution in [2.24, 2.45) is 5.73 Å². The van der Waals surface area contributed by atoms with Crippen LogP contribution in [0, 0.1) is 5.41 Å². The van der Waals surface area contributed by atoms with Gasteiger partial charge in [-0.15, -0.1) is 0 Å². The van der Waals surface area contributed by atoms with Crippen LogP contribution in [0.15, 0.2) is 18.5 Å². The number of nitrogens with two attached hydrogens (primary N) is 1. The molecule has 0 aromatic carbocycles. The number of hydrogen-bond acceptors (Lipinski definition) is 2. The van der Waals surface area contributed by atoms with Crippen molar-refractivity contribution in [2.45, 2.75) is 20.3 Å². The van der Waals surface area contributed by atoms with Gasteiger partial charge < -0.3 is 10.7 Å². The molecule has 0 aliphatic heterocycles. The predicted octanol–water partition coefficient (Wildman–Crippen LogP) is 1.78. The van der Waals surface area contributed by atoms with Crippen LogP contribution >= 0.6 is 0 Å². The van der Waals surface area contributed by atoms with Crippen molar-refractivity contribution in [1.82, 2.24) is 9.97 Å². The summed E-state index contributed by atoms with van der Waals surface area (Å²) in [5, 5.41) is 6.85. The molecule has 0 spiro atoms. The van der Waals surface area contributed by atoms with Crippen molar-refractivity contribution in [3.05, 3.63) is 24.3 Å². The molecular weight excluding hydrogens is 164 g/mol. The van der Waals surface area contributed by atoms with Gasteiger partial charge in [0, 0.05) is 12.4 Å². The van der Waals surface area contributed by atoms with Gasteiger partial charge in [0.2, 0.25) is 0 Å². The molecule has 0 aliphatic carbocycles.